The van der Waals surface area contributed by atoms with E-state index in [1.807, 2.05) is 6.07 Å². The van der Waals surface area contributed by atoms with Crippen LogP contribution in [0.1, 0.15) is 28.7 Å². The van der Waals surface area contributed by atoms with Crippen LogP contribution >= 0.6 is 11.6 Å². The van der Waals surface area contributed by atoms with Crippen LogP contribution in [-0.2, 0) is 4.74 Å². The topological polar surface area (TPSA) is 67.9 Å². The summed E-state index contributed by atoms with van der Waals surface area (Å²) in [5.41, 5.74) is 1.77. The number of nitrogens with zero attached hydrogens (tertiary/aromatic N) is 3. The quantitative estimate of drug-likeness (QED) is 0.815. The number of hydrogen-bond acceptors (Lipinski definition) is 4. The highest BCUT2D eigenvalue weighted by atomic mass is 35.5. The van der Waals surface area contributed by atoms with Crippen LogP contribution in [0.25, 0.3) is 5.69 Å². The van der Waals surface area contributed by atoms with Gasteiger partial charge in [-0.15, -0.1) is 0 Å². The number of benzene rings is 1. The Morgan fingerprint density at radius 3 is 2.95 bits per heavy atom. The van der Waals surface area contributed by atoms with Crippen molar-refractivity contribution in [1.82, 2.24) is 9.78 Å². The van der Waals surface area contributed by atoms with Gasteiger partial charge in [0, 0.05) is 5.69 Å². The lowest BCUT2D eigenvalue weighted by Crippen LogP contribution is -2.07. The Balaban J connectivity index is 2.52. The van der Waals surface area contributed by atoms with Crippen LogP contribution in [-0.4, -0.2) is 22.4 Å². The van der Waals surface area contributed by atoms with Gasteiger partial charge in [0.25, 0.3) is 0 Å². The van der Waals surface area contributed by atoms with E-state index in [1.54, 1.807) is 38.1 Å². The van der Waals surface area contributed by atoms with Gasteiger partial charge in [0.1, 0.15) is 6.07 Å². The molecule has 1 aromatic heterocycles. The molecule has 0 aliphatic carbocycles. The minimum atomic E-state index is -0.491. The number of nitriles is 1. The first-order valence-corrected chi connectivity index (χ1v) is 6.39. The molecule has 6 heteroatoms. The Bertz CT molecular complexity index is 701. The van der Waals surface area contributed by atoms with E-state index >= 15 is 0 Å². The van der Waals surface area contributed by atoms with E-state index in [4.69, 9.17) is 16.3 Å². The molecule has 0 radical (unpaired) electrons. The van der Waals surface area contributed by atoms with Crippen LogP contribution < -0.4 is 0 Å². The standard InChI is InChI=1S/C14H12ClN3O2/c1-3-20-14(19)12-7-9(2)18(17-12)13-6-4-5-11(15)10(13)8-16/h4-7H,3H2,1-2H3. The Labute approximate surface area is 121 Å². The summed E-state index contributed by atoms with van der Waals surface area (Å²) in [6, 6.07) is 8.74. The molecular formula is C14H12ClN3O2. The van der Waals surface area contributed by atoms with Gasteiger partial charge in [-0.05, 0) is 32.0 Å². The number of halogens is 1. The zero-order valence-corrected chi connectivity index (χ0v) is 11.8. The number of aryl methyl sites for hydroxylation is 1. The zero-order valence-electron chi connectivity index (χ0n) is 11.1. The van der Waals surface area contributed by atoms with Crippen LogP contribution in [0.15, 0.2) is 24.3 Å². The molecule has 1 heterocycles. The number of carbonyl (C=O) groups excluding carboxylic acids is 1. The highest BCUT2D eigenvalue weighted by Gasteiger charge is 2.16. The molecule has 0 unspecified atom stereocenters. The maximum atomic E-state index is 11.7. The molecule has 0 fully saturated rings. The average Bonchev–Trinajstić information content (AvgIpc) is 2.81. The number of aromatic nitrogens is 2. The summed E-state index contributed by atoms with van der Waals surface area (Å²) in [5, 5.41) is 13.7. The molecule has 102 valence electrons. The monoisotopic (exact) mass is 289 g/mol. The Hall–Kier alpha value is -2.32. The van der Waals surface area contributed by atoms with Crippen molar-refractivity contribution in [2.45, 2.75) is 13.8 Å². The highest BCUT2D eigenvalue weighted by Crippen LogP contribution is 2.23. The summed E-state index contributed by atoms with van der Waals surface area (Å²) in [5.74, 6) is -0.491. The van der Waals surface area contributed by atoms with Gasteiger partial charge in [0.2, 0.25) is 0 Å². The van der Waals surface area contributed by atoms with Crippen LogP contribution in [0.3, 0.4) is 0 Å². The smallest absolute Gasteiger partial charge is 0.358 e. The van der Waals surface area contributed by atoms with Crippen molar-refractivity contribution in [2.75, 3.05) is 6.61 Å². The van der Waals surface area contributed by atoms with Gasteiger partial charge >= 0.3 is 5.97 Å². The van der Waals surface area contributed by atoms with E-state index in [2.05, 4.69) is 5.10 Å². The van der Waals surface area contributed by atoms with Crippen molar-refractivity contribution in [3.63, 3.8) is 0 Å². The third-order valence-electron chi connectivity index (χ3n) is 2.70. The predicted molar refractivity (Wildman–Crippen MR) is 74.0 cm³/mol. The molecule has 0 aliphatic heterocycles. The van der Waals surface area contributed by atoms with Crippen LogP contribution in [0.2, 0.25) is 5.02 Å². The second-order valence-corrected chi connectivity index (χ2v) is 4.46. The van der Waals surface area contributed by atoms with E-state index < -0.39 is 5.97 Å². The van der Waals surface area contributed by atoms with Crippen molar-refractivity contribution in [3.8, 4) is 11.8 Å². The Morgan fingerprint density at radius 1 is 1.55 bits per heavy atom. The molecule has 0 amide bonds. The molecular weight excluding hydrogens is 278 g/mol. The van der Waals surface area contributed by atoms with Gasteiger partial charge in [-0.1, -0.05) is 17.7 Å². The summed E-state index contributed by atoms with van der Waals surface area (Å²) in [6.07, 6.45) is 0. The SMILES string of the molecule is CCOC(=O)c1cc(C)n(-c2cccc(Cl)c2C#N)n1. The van der Waals surface area contributed by atoms with Gasteiger partial charge in [0.05, 0.1) is 22.9 Å². The Morgan fingerprint density at radius 2 is 2.30 bits per heavy atom. The lowest BCUT2D eigenvalue weighted by Gasteiger charge is -2.07. The van der Waals surface area contributed by atoms with E-state index in [9.17, 15) is 10.1 Å². The summed E-state index contributed by atoms with van der Waals surface area (Å²) in [4.78, 5) is 11.7. The zero-order chi connectivity index (χ0) is 14.7. The molecule has 0 saturated carbocycles. The number of carbonyl (C=O) groups is 1. The number of hydrogen-bond donors (Lipinski definition) is 0. The maximum Gasteiger partial charge on any atom is 0.358 e. The fourth-order valence-electron chi connectivity index (χ4n) is 1.82. The number of rotatable bonds is 3. The molecule has 2 rings (SSSR count). The molecule has 0 spiro atoms. The second-order valence-electron chi connectivity index (χ2n) is 4.05. The molecule has 5 nitrogen and oxygen atoms in total. The Kier molecular flexibility index (Phi) is 4.06. The van der Waals surface area contributed by atoms with E-state index in [-0.39, 0.29) is 12.3 Å². The number of esters is 1. The van der Waals surface area contributed by atoms with Gasteiger partial charge in [-0.3, -0.25) is 0 Å². The van der Waals surface area contributed by atoms with E-state index in [1.165, 1.54) is 4.68 Å². The average molecular weight is 290 g/mol. The van der Waals surface area contributed by atoms with Crippen LogP contribution in [0.5, 0.6) is 0 Å². The normalized spacial score (nSPS) is 10.1. The van der Waals surface area contributed by atoms with Crippen molar-refractivity contribution in [2.24, 2.45) is 0 Å². The molecule has 2 aromatic rings. The van der Waals surface area contributed by atoms with Gasteiger partial charge < -0.3 is 4.74 Å². The first-order valence-electron chi connectivity index (χ1n) is 6.01. The molecule has 0 atom stereocenters. The summed E-state index contributed by atoms with van der Waals surface area (Å²) in [6.45, 7) is 3.80. The van der Waals surface area contributed by atoms with Crippen molar-refractivity contribution in [3.05, 3.63) is 46.2 Å². The molecule has 0 saturated heterocycles. The fraction of sp³-hybridized carbons (Fsp3) is 0.214. The van der Waals surface area contributed by atoms with Crippen molar-refractivity contribution < 1.29 is 9.53 Å². The third kappa shape index (κ3) is 2.51. The predicted octanol–water partition coefficient (Wildman–Crippen LogP) is 2.88. The van der Waals surface area contributed by atoms with Crippen molar-refractivity contribution in [1.29, 1.82) is 5.26 Å². The van der Waals surface area contributed by atoms with E-state index in [0.29, 0.717) is 22.0 Å². The summed E-state index contributed by atoms with van der Waals surface area (Å²) >= 11 is 6.00. The minimum Gasteiger partial charge on any atom is -0.461 e. The van der Waals surface area contributed by atoms with E-state index in [0.717, 1.165) is 0 Å². The lowest BCUT2D eigenvalue weighted by atomic mass is 10.2. The molecule has 0 aliphatic rings. The molecule has 1 aromatic carbocycles. The fourth-order valence-corrected chi connectivity index (χ4v) is 2.03. The summed E-state index contributed by atoms with van der Waals surface area (Å²) in [7, 11) is 0. The second kappa shape index (κ2) is 5.76. The first-order chi connectivity index (χ1) is 9.58. The van der Waals surface area contributed by atoms with Gasteiger partial charge in [0.15, 0.2) is 5.69 Å². The van der Waals surface area contributed by atoms with Crippen molar-refractivity contribution >= 4 is 17.6 Å². The highest BCUT2D eigenvalue weighted by molar-refractivity contribution is 6.32. The third-order valence-corrected chi connectivity index (χ3v) is 3.02. The molecule has 0 N–H and O–H groups in total. The van der Waals surface area contributed by atoms with Crippen LogP contribution in [0, 0.1) is 18.3 Å². The number of ether oxygens (including phenoxy) is 1. The van der Waals surface area contributed by atoms with Crippen LogP contribution in [0.4, 0.5) is 0 Å². The van der Waals surface area contributed by atoms with Gasteiger partial charge in [-0.25, -0.2) is 9.48 Å². The molecule has 20 heavy (non-hydrogen) atoms. The largest absolute Gasteiger partial charge is 0.461 e. The summed E-state index contributed by atoms with van der Waals surface area (Å²) < 4.78 is 6.42. The maximum absolute atomic E-state index is 11.7. The lowest BCUT2D eigenvalue weighted by molar-refractivity contribution is 0.0519. The first kappa shape index (κ1) is 14.1. The minimum absolute atomic E-state index is 0.202. The van der Waals surface area contributed by atoms with Gasteiger partial charge in [-0.2, -0.15) is 10.4 Å². The molecule has 0 bridgehead atoms.